The van der Waals surface area contributed by atoms with Crippen LogP contribution in [0, 0.1) is 0 Å². The molecular formula is C9H9N3O2. The van der Waals surface area contributed by atoms with Crippen LogP contribution >= 0.6 is 0 Å². The number of benzene rings is 1. The van der Waals surface area contributed by atoms with Gasteiger partial charge in [0.1, 0.15) is 0 Å². The number of aromatic nitrogens is 2. The zero-order chi connectivity index (χ0) is 9.97. The van der Waals surface area contributed by atoms with Crippen molar-refractivity contribution in [2.24, 2.45) is 0 Å². The SMILES string of the molecule is Nc1ccc(Cc2noc(=O)[nH]2)cc1. The van der Waals surface area contributed by atoms with E-state index >= 15 is 0 Å². The third kappa shape index (κ3) is 1.82. The fourth-order valence-corrected chi connectivity index (χ4v) is 1.17. The molecule has 0 spiro atoms. The fourth-order valence-electron chi connectivity index (χ4n) is 1.17. The molecule has 1 heterocycles. The number of aromatic amines is 1. The van der Waals surface area contributed by atoms with Crippen LogP contribution in [0.4, 0.5) is 5.69 Å². The Hall–Kier alpha value is -2.04. The lowest BCUT2D eigenvalue weighted by molar-refractivity contribution is 0.382. The average molecular weight is 191 g/mol. The molecule has 3 N–H and O–H groups in total. The summed E-state index contributed by atoms with van der Waals surface area (Å²) in [6.45, 7) is 0. The minimum atomic E-state index is -0.532. The summed E-state index contributed by atoms with van der Waals surface area (Å²) in [5.41, 5.74) is 7.26. The van der Waals surface area contributed by atoms with Crippen molar-refractivity contribution in [1.82, 2.24) is 10.1 Å². The summed E-state index contributed by atoms with van der Waals surface area (Å²) in [7, 11) is 0. The van der Waals surface area contributed by atoms with Crippen molar-refractivity contribution in [3.05, 3.63) is 46.2 Å². The number of anilines is 1. The highest BCUT2D eigenvalue weighted by atomic mass is 16.5. The molecule has 5 nitrogen and oxygen atoms in total. The van der Waals surface area contributed by atoms with Gasteiger partial charge in [0.05, 0.1) is 0 Å². The molecule has 0 aliphatic rings. The van der Waals surface area contributed by atoms with Crippen molar-refractivity contribution in [3.8, 4) is 0 Å². The normalized spacial score (nSPS) is 10.3. The molecule has 0 saturated heterocycles. The van der Waals surface area contributed by atoms with Crippen molar-refractivity contribution >= 4 is 5.69 Å². The van der Waals surface area contributed by atoms with Crippen LogP contribution in [0.1, 0.15) is 11.4 Å². The van der Waals surface area contributed by atoms with E-state index in [4.69, 9.17) is 5.73 Å². The molecule has 0 atom stereocenters. The molecule has 1 aromatic heterocycles. The topological polar surface area (TPSA) is 84.9 Å². The van der Waals surface area contributed by atoms with Crippen LogP contribution in [0.2, 0.25) is 0 Å². The Morgan fingerprint density at radius 2 is 2.07 bits per heavy atom. The minimum Gasteiger partial charge on any atom is -0.399 e. The van der Waals surface area contributed by atoms with Crippen molar-refractivity contribution in [1.29, 1.82) is 0 Å². The quantitative estimate of drug-likeness (QED) is 0.678. The second-order valence-electron chi connectivity index (χ2n) is 2.96. The highest BCUT2D eigenvalue weighted by Gasteiger charge is 2.01. The maximum Gasteiger partial charge on any atom is 0.438 e. The van der Waals surface area contributed by atoms with Crippen molar-refractivity contribution in [2.75, 3.05) is 5.73 Å². The number of hydrogen-bond acceptors (Lipinski definition) is 4. The van der Waals surface area contributed by atoms with Crippen LogP contribution in [0.5, 0.6) is 0 Å². The minimum absolute atomic E-state index is 0.514. The molecule has 0 aliphatic heterocycles. The lowest BCUT2D eigenvalue weighted by atomic mass is 10.1. The average Bonchev–Trinajstić information content (AvgIpc) is 2.56. The van der Waals surface area contributed by atoms with E-state index in [-0.39, 0.29) is 0 Å². The van der Waals surface area contributed by atoms with Gasteiger partial charge in [0, 0.05) is 12.1 Å². The van der Waals surface area contributed by atoms with Gasteiger partial charge in [-0.2, -0.15) is 0 Å². The Bertz CT molecular complexity index is 469. The molecule has 0 amide bonds. The van der Waals surface area contributed by atoms with E-state index in [1.165, 1.54) is 0 Å². The van der Waals surface area contributed by atoms with E-state index in [2.05, 4.69) is 14.7 Å². The lowest BCUT2D eigenvalue weighted by Crippen LogP contribution is -1.98. The zero-order valence-electron chi connectivity index (χ0n) is 7.36. The largest absolute Gasteiger partial charge is 0.438 e. The summed E-state index contributed by atoms with van der Waals surface area (Å²) in [6.07, 6.45) is 0.534. The molecule has 14 heavy (non-hydrogen) atoms. The third-order valence-corrected chi connectivity index (χ3v) is 1.84. The van der Waals surface area contributed by atoms with Crippen molar-refractivity contribution in [2.45, 2.75) is 6.42 Å². The van der Waals surface area contributed by atoms with Gasteiger partial charge >= 0.3 is 5.76 Å². The Kier molecular flexibility index (Phi) is 2.06. The molecule has 5 heteroatoms. The number of nitrogens with one attached hydrogen (secondary N) is 1. The van der Waals surface area contributed by atoms with Gasteiger partial charge in [-0.15, -0.1) is 0 Å². The van der Waals surface area contributed by atoms with E-state index in [1.807, 2.05) is 12.1 Å². The zero-order valence-corrected chi connectivity index (χ0v) is 7.36. The van der Waals surface area contributed by atoms with Crippen LogP contribution in [0.15, 0.2) is 33.6 Å². The number of hydrogen-bond donors (Lipinski definition) is 2. The van der Waals surface area contributed by atoms with Crippen LogP contribution in [-0.4, -0.2) is 10.1 Å². The number of nitrogens with two attached hydrogens (primary N) is 1. The molecule has 72 valence electrons. The van der Waals surface area contributed by atoms with E-state index in [9.17, 15) is 4.79 Å². The number of H-pyrrole nitrogens is 1. The van der Waals surface area contributed by atoms with Crippen LogP contribution in [-0.2, 0) is 6.42 Å². The molecule has 0 saturated carbocycles. The molecule has 0 bridgehead atoms. The Morgan fingerprint density at radius 1 is 1.36 bits per heavy atom. The summed E-state index contributed by atoms with van der Waals surface area (Å²) in [5, 5.41) is 3.56. The van der Waals surface area contributed by atoms with Gasteiger partial charge in [0.25, 0.3) is 0 Å². The van der Waals surface area contributed by atoms with Crippen LogP contribution in [0.25, 0.3) is 0 Å². The van der Waals surface area contributed by atoms with Gasteiger partial charge in [-0.25, -0.2) is 4.79 Å². The number of nitrogens with zero attached hydrogens (tertiary/aromatic N) is 1. The van der Waals surface area contributed by atoms with Crippen LogP contribution in [0.3, 0.4) is 0 Å². The smallest absolute Gasteiger partial charge is 0.399 e. The van der Waals surface area contributed by atoms with Gasteiger partial charge < -0.3 is 5.73 Å². The van der Waals surface area contributed by atoms with E-state index in [0.717, 1.165) is 5.56 Å². The van der Waals surface area contributed by atoms with Gasteiger partial charge in [0.15, 0.2) is 5.82 Å². The second-order valence-corrected chi connectivity index (χ2v) is 2.96. The standard InChI is InChI=1S/C9H9N3O2/c10-7-3-1-6(2-4-7)5-8-11-9(13)14-12-8/h1-4H,5,10H2,(H,11,12,13). The van der Waals surface area contributed by atoms with E-state index in [1.54, 1.807) is 12.1 Å². The fraction of sp³-hybridized carbons (Fsp3) is 0.111. The van der Waals surface area contributed by atoms with Gasteiger partial charge in [0.2, 0.25) is 0 Å². The molecule has 0 aliphatic carbocycles. The summed E-state index contributed by atoms with van der Waals surface area (Å²) in [4.78, 5) is 13.1. The van der Waals surface area contributed by atoms with Crippen LogP contribution < -0.4 is 11.5 Å². The van der Waals surface area contributed by atoms with Crippen molar-refractivity contribution in [3.63, 3.8) is 0 Å². The van der Waals surface area contributed by atoms with Gasteiger partial charge in [-0.1, -0.05) is 17.3 Å². The first-order valence-corrected chi connectivity index (χ1v) is 4.13. The molecular weight excluding hydrogens is 182 g/mol. The van der Waals surface area contributed by atoms with E-state index < -0.39 is 5.76 Å². The first-order valence-electron chi connectivity index (χ1n) is 4.13. The lowest BCUT2D eigenvalue weighted by Gasteiger charge is -1.97. The van der Waals surface area contributed by atoms with Crippen molar-refractivity contribution < 1.29 is 4.52 Å². The molecule has 0 fully saturated rings. The molecule has 0 unspecified atom stereocenters. The van der Waals surface area contributed by atoms with Gasteiger partial charge in [-0.05, 0) is 17.7 Å². The molecule has 2 rings (SSSR count). The summed E-state index contributed by atoms with van der Waals surface area (Å²) in [5.74, 6) is -0.0183. The molecule has 1 aromatic carbocycles. The first kappa shape index (κ1) is 8.55. The predicted molar refractivity (Wildman–Crippen MR) is 50.8 cm³/mol. The summed E-state index contributed by atoms with van der Waals surface area (Å²) in [6, 6.07) is 7.35. The third-order valence-electron chi connectivity index (χ3n) is 1.84. The molecule has 2 aromatic rings. The van der Waals surface area contributed by atoms with Gasteiger partial charge in [-0.3, -0.25) is 9.51 Å². The molecule has 0 radical (unpaired) electrons. The maximum absolute atomic E-state index is 10.6. The maximum atomic E-state index is 10.6. The Balaban J connectivity index is 2.19. The summed E-state index contributed by atoms with van der Waals surface area (Å²) >= 11 is 0. The Morgan fingerprint density at radius 3 is 2.64 bits per heavy atom. The summed E-state index contributed by atoms with van der Waals surface area (Å²) < 4.78 is 4.37. The monoisotopic (exact) mass is 191 g/mol. The number of rotatable bonds is 2. The van der Waals surface area contributed by atoms with E-state index in [0.29, 0.717) is 17.9 Å². The second kappa shape index (κ2) is 3.37. The Labute approximate surface area is 79.5 Å². The highest BCUT2D eigenvalue weighted by Crippen LogP contribution is 2.07. The number of nitrogen functional groups attached to an aromatic ring is 1. The highest BCUT2D eigenvalue weighted by molar-refractivity contribution is 5.39. The predicted octanol–water partition coefficient (Wildman–Crippen LogP) is 0.536. The first-order chi connectivity index (χ1) is 6.74.